The maximum atomic E-state index is 11.3. The molecule has 0 saturated heterocycles. The zero-order chi connectivity index (χ0) is 12.8. The van der Waals surface area contributed by atoms with Crippen LogP contribution < -0.4 is 5.32 Å². The zero-order valence-electron chi connectivity index (χ0n) is 10.8. The average molecular weight is 240 g/mol. The van der Waals surface area contributed by atoms with Crippen LogP contribution in [-0.2, 0) is 16.6 Å². The summed E-state index contributed by atoms with van der Waals surface area (Å²) in [6.45, 7) is 6.16. The molecule has 96 valence electrons. The first kappa shape index (κ1) is 13.6. The van der Waals surface area contributed by atoms with Crippen molar-refractivity contribution in [3.8, 4) is 0 Å². The van der Waals surface area contributed by atoms with Gasteiger partial charge in [0.2, 0.25) is 0 Å². The molecule has 2 atom stereocenters. The highest BCUT2D eigenvalue weighted by Crippen LogP contribution is 2.09. The number of hydrogen-bond donors (Lipinski definition) is 1. The molecule has 0 aliphatic carbocycles. The summed E-state index contributed by atoms with van der Waals surface area (Å²) in [6, 6.07) is 0.0904. The standard InChI is InChI=1S/C11H20N4O2/c1-5-17-10(16)6-8(2)13-9(3)11-14-12-7-15(11)4/h7-9,13H,5-6H2,1-4H3. The van der Waals surface area contributed by atoms with Gasteiger partial charge in [0.15, 0.2) is 0 Å². The Morgan fingerprint density at radius 2 is 2.29 bits per heavy atom. The van der Waals surface area contributed by atoms with Gasteiger partial charge in [-0.3, -0.25) is 4.79 Å². The van der Waals surface area contributed by atoms with Crippen LogP contribution in [0.4, 0.5) is 0 Å². The lowest BCUT2D eigenvalue weighted by Gasteiger charge is -2.18. The lowest BCUT2D eigenvalue weighted by Crippen LogP contribution is -2.32. The Morgan fingerprint density at radius 1 is 1.59 bits per heavy atom. The first-order valence-electron chi connectivity index (χ1n) is 5.80. The number of esters is 1. The normalized spacial score (nSPS) is 14.4. The van der Waals surface area contributed by atoms with Crippen LogP contribution in [0.5, 0.6) is 0 Å². The SMILES string of the molecule is CCOC(=O)CC(C)NC(C)c1nncn1C. The number of nitrogens with zero attached hydrogens (tertiary/aromatic N) is 3. The first-order chi connectivity index (χ1) is 8.04. The monoisotopic (exact) mass is 240 g/mol. The van der Waals surface area contributed by atoms with Gasteiger partial charge in [-0.1, -0.05) is 0 Å². The van der Waals surface area contributed by atoms with Crippen LogP contribution in [-0.4, -0.2) is 33.4 Å². The van der Waals surface area contributed by atoms with E-state index in [0.29, 0.717) is 13.0 Å². The summed E-state index contributed by atoms with van der Waals surface area (Å²) in [7, 11) is 1.89. The Morgan fingerprint density at radius 3 is 2.82 bits per heavy atom. The molecule has 1 aromatic heterocycles. The van der Waals surface area contributed by atoms with E-state index in [-0.39, 0.29) is 18.1 Å². The Hall–Kier alpha value is -1.43. The predicted molar refractivity (Wildman–Crippen MR) is 63.3 cm³/mol. The molecule has 0 fully saturated rings. The second-order valence-electron chi connectivity index (χ2n) is 4.10. The van der Waals surface area contributed by atoms with Gasteiger partial charge in [-0.25, -0.2) is 0 Å². The highest BCUT2D eigenvalue weighted by Gasteiger charge is 2.16. The molecule has 1 heterocycles. The molecule has 2 unspecified atom stereocenters. The average Bonchev–Trinajstić information content (AvgIpc) is 2.64. The topological polar surface area (TPSA) is 69.0 Å². The van der Waals surface area contributed by atoms with E-state index < -0.39 is 0 Å². The second-order valence-corrected chi connectivity index (χ2v) is 4.10. The van der Waals surface area contributed by atoms with Crippen molar-refractivity contribution in [2.75, 3.05) is 6.61 Å². The molecule has 0 aliphatic rings. The molecule has 0 bridgehead atoms. The maximum absolute atomic E-state index is 11.3. The number of aryl methyl sites for hydroxylation is 1. The van der Waals surface area contributed by atoms with Gasteiger partial charge in [0, 0.05) is 13.1 Å². The molecule has 1 rings (SSSR count). The van der Waals surface area contributed by atoms with Gasteiger partial charge in [-0.2, -0.15) is 0 Å². The molecule has 0 radical (unpaired) electrons. The summed E-state index contributed by atoms with van der Waals surface area (Å²) in [4.78, 5) is 11.3. The summed E-state index contributed by atoms with van der Waals surface area (Å²) in [5.74, 6) is 0.665. The minimum atomic E-state index is -0.183. The molecule has 0 aromatic carbocycles. The lowest BCUT2D eigenvalue weighted by atomic mass is 10.2. The van der Waals surface area contributed by atoms with E-state index in [9.17, 15) is 4.79 Å². The van der Waals surface area contributed by atoms with Crippen molar-refractivity contribution in [1.29, 1.82) is 0 Å². The summed E-state index contributed by atoms with van der Waals surface area (Å²) in [6.07, 6.45) is 2.01. The van der Waals surface area contributed by atoms with Crippen molar-refractivity contribution in [2.24, 2.45) is 7.05 Å². The van der Waals surface area contributed by atoms with Crippen molar-refractivity contribution < 1.29 is 9.53 Å². The van der Waals surface area contributed by atoms with Crippen LogP contribution in [0.25, 0.3) is 0 Å². The minimum absolute atomic E-state index is 0.0424. The van der Waals surface area contributed by atoms with Gasteiger partial charge < -0.3 is 14.6 Å². The summed E-state index contributed by atoms with van der Waals surface area (Å²) < 4.78 is 6.75. The fraction of sp³-hybridized carbons (Fsp3) is 0.727. The van der Waals surface area contributed by atoms with Crippen LogP contribution in [0.3, 0.4) is 0 Å². The largest absolute Gasteiger partial charge is 0.466 e. The highest BCUT2D eigenvalue weighted by molar-refractivity contribution is 5.70. The quantitative estimate of drug-likeness (QED) is 0.745. The molecular weight excluding hydrogens is 220 g/mol. The van der Waals surface area contributed by atoms with E-state index in [1.165, 1.54) is 0 Å². The Labute approximate surface area is 101 Å². The van der Waals surface area contributed by atoms with Crippen LogP contribution in [0.2, 0.25) is 0 Å². The lowest BCUT2D eigenvalue weighted by molar-refractivity contribution is -0.143. The Balaban J connectivity index is 2.43. The van der Waals surface area contributed by atoms with E-state index in [0.717, 1.165) is 5.82 Å². The van der Waals surface area contributed by atoms with E-state index in [2.05, 4.69) is 15.5 Å². The zero-order valence-corrected chi connectivity index (χ0v) is 10.8. The maximum Gasteiger partial charge on any atom is 0.307 e. The molecule has 1 N–H and O–H groups in total. The number of rotatable bonds is 6. The smallest absolute Gasteiger partial charge is 0.307 e. The van der Waals surface area contributed by atoms with Crippen LogP contribution >= 0.6 is 0 Å². The first-order valence-corrected chi connectivity index (χ1v) is 5.80. The van der Waals surface area contributed by atoms with Gasteiger partial charge in [-0.15, -0.1) is 10.2 Å². The Kier molecular flexibility index (Phi) is 5.09. The minimum Gasteiger partial charge on any atom is -0.466 e. The van der Waals surface area contributed by atoms with Gasteiger partial charge in [0.25, 0.3) is 0 Å². The molecular formula is C11H20N4O2. The number of nitrogens with one attached hydrogen (secondary N) is 1. The fourth-order valence-corrected chi connectivity index (χ4v) is 1.71. The van der Waals surface area contributed by atoms with Crippen LogP contribution in [0, 0.1) is 0 Å². The van der Waals surface area contributed by atoms with Gasteiger partial charge in [-0.05, 0) is 20.8 Å². The molecule has 1 aromatic rings. The van der Waals surface area contributed by atoms with E-state index >= 15 is 0 Å². The number of ether oxygens (including phenoxy) is 1. The van der Waals surface area contributed by atoms with Crippen molar-refractivity contribution >= 4 is 5.97 Å². The van der Waals surface area contributed by atoms with Gasteiger partial charge in [0.1, 0.15) is 12.2 Å². The van der Waals surface area contributed by atoms with Crippen LogP contribution in [0.15, 0.2) is 6.33 Å². The summed E-state index contributed by atoms with van der Waals surface area (Å²) >= 11 is 0. The predicted octanol–water partition coefficient (Wildman–Crippen LogP) is 0.807. The number of hydrogen-bond acceptors (Lipinski definition) is 5. The van der Waals surface area contributed by atoms with Gasteiger partial charge in [0.05, 0.1) is 19.1 Å². The summed E-state index contributed by atoms with van der Waals surface area (Å²) in [5.41, 5.74) is 0. The third kappa shape index (κ3) is 4.14. The fourth-order valence-electron chi connectivity index (χ4n) is 1.71. The molecule has 0 saturated carbocycles. The molecule has 17 heavy (non-hydrogen) atoms. The Bertz CT molecular complexity index is 364. The van der Waals surface area contributed by atoms with Crippen LogP contribution in [0.1, 0.15) is 39.1 Å². The molecule has 6 heteroatoms. The van der Waals surface area contributed by atoms with E-state index in [4.69, 9.17) is 4.74 Å². The van der Waals surface area contributed by atoms with Crippen molar-refractivity contribution in [2.45, 2.75) is 39.3 Å². The van der Waals surface area contributed by atoms with Crippen molar-refractivity contribution in [1.82, 2.24) is 20.1 Å². The molecule has 0 spiro atoms. The van der Waals surface area contributed by atoms with E-state index in [1.807, 2.05) is 25.5 Å². The molecule has 0 aliphatic heterocycles. The van der Waals surface area contributed by atoms with Crippen molar-refractivity contribution in [3.05, 3.63) is 12.2 Å². The second kappa shape index (κ2) is 6.34. The molecule has 0 amide bonds. The third-order valence-electron chi connectivity index (χ3n) is 2.45. The number of aromatic nitrogens is 3. The van der Waals surface area contributed by atoms with Gasteiger partial charge >= 0.3 is 5.97 Å². The number of carbonyl (C=O) groups is 1. The third-order valence-corrected chi connectivity index (χ3v) is 2.45. The molecule has 6 nitrogen and oxygen atoms in total. The van der Waals surface area contributed by atoms with E-state index in [1.54, 1.807) is 13.3 Å². The summed E-state index contributed by atoms with van der Waals surface area (Å²) in [5, 5.41) is 11.1. The number of carbonyl (C=O) groups excluding carboxylic acids is 1. The van der Waals surface area contributed by atoms with Crippen molar-refractivity contribution in [3.63, 3.8) is 0 Å². The highest BCUT2D eigenvalue weighted by atomic mass is 16.5.